The van der Waals surface area contributed by atoms with Crippen LogP contribution in [0.1, 0.15) is 5.69 Å². The Bertz CT molecular complexity index is 755. The summed E-state index contributed by atoms with van der Waals surface area (Å²) in [6.07, 6.45) is 3.04. The van der Waals surface area contributed by atoms with Gasteiger partial charge in [0.2, 0.25) is 11.8 Å². The summed E-state index contributed by atoms with van der Waals surface area (Å²) >= 11 is 1.42. The molecule has 0 spiro atoms. The zero-order valence-corrected chi connectivity index (χ0v) is 13.0. The number of carbonyl (C=O) groups excluding carboxylic acids is 2. The molecule has 1 fully saturated rings. The van der Waals surface area contributed by atoms with Crippen molar-refractivity contribution in [1.29, 1.82) is 0 Å². The number of halogens is 1. The van der Waals surface area contributed by atoms with Crippen molar-refractivity contribution >= 4 is 29.2 Å². The number of amides is 2. The van der Waals surface area contributed by atoms with Gasteiger partial charge in [-0.3, -0.25) is 9.59 Å². The molecule has 7 heteroatoms. The highest BCUT2D eigenvalue weighted by atomic mass is 32.1. The van der Waals surface area contributed by atoms with Crippen molar-refractivity contribution in [1.82, 2.24) is 15.2 Å². The predicted octanol–water partition coefficient (Wildman–Crippen LogP) is 1.92. The van der Waals surface area contributed by atoms with Gasteiger partial charge in [-0.25, -0.2) is 9.37 Å². The Morgan fingerprint density at radius 1 is 1.35 bits per heavy atom. The highest BCUT2D eigenvalue weighted by Crippen LogP contribution is 2.24. The number of hydrogen-bond acceptors (Lipinski definition) is 4. The quantitative estimate of drug-likeness (QED) is 0.874. The average molecular weight is 331 g/mol. The number of benzene rings is 1. The van der Waals surface area contributed by atoms with E-state index >= 15 is 0 Å². The second kappa shape index (κ2) is 6.70. The van der Waals surface area contributed by atoms with E-state index in [1.807, 2.05) is 5.38 Å². The van der Waals surface area contributed by atoms with Crippen molar-refractivity contribution in [3.8, 4) is 10.6 Å². The van der Waals surface area contributed by atoms with E-state index < -0.39 is 0 Å². The molecule has 5 nitrogen and oxygen atoms in total. The van der Waals surface area contributed by atoms with Gasteiger partial charge in [0.1, 0.15) is 10.8 Å². The van der Waals surface area contributed by atoms with Gasteiger partial charge in [-0.1, -0.05) is 0 Å². The Morgan fingerprint density at radius 2 is 2.13 bits per heavy atom. The van der Waals surface area contributed by atoms with Gasteiger partial charge in [-0.05, 0) is 30.3 Å². The molecule has 1 N–H and O–H groups in total. The number of nitrogens with zero attached hydrogens (tertiary/aromatic N) is 2. The van der Waals surface area contributed by atoms with Crippen molar-refractivity contribution in [2.75, 3.05) is 19.6 Å². The largest absolute Gasteiger partial charge is 0.353 e. The molecule has 0 aliphatic carbocycles. The van der Waals surface area contributed by atoms with Gasteiger partial charge >= 0.3 is 0 Å². The van der Waals surface area contributed by atoms with Crippen LogP contribution in [0, 0.1) is 5.82 Å². The summed E-state index contributed by atoms with van der Waals surface area (Å²) in [6, 6.07) is 6.10. The van der Waals surface area contributed by atoms with Crippen LogP contribution in [-0.4, -0.2) is 41.3 Å². The summed E-state index contributed by atoms with van der Waals surface area (Å²) in [5.74, 6) is -0.650. The summed E-state index contributed by atoms with van der Waals surface area (Å²) < 4.78 is 12.9. The maximum atomic E-state index is 12.9. The van der Waals surface area contributed by atoms with Crippen LogP contribution >= 0.6 is 11.3 Å². The highest BCUT2D eigenvalue weighted by Gasteiger charge is 2.19. The number of piperazine rings is 1. The minimum atomic E-state index is -0.290. The first-order chi connectivity index (χ1) is 11.1. The molecule has 0 atom stereocenters. The molecule has 2 amide bonds. The minimum Gasteiger partial charge on any atom is -0.353 e. The highest BCUT2D eigenvalue weighted by molar-refractivity contribution is 7.13. The van der Waals surface area contributed by atoms with Crippen molar-refractivity contribution < 1.29 is 14.0 Å². The first kappa shape index (κ1) is 15.4. The Morgan fingerprint density at radius 3 is 2.87 bits per heavy atom. The fraction of sp³-hybridized carbons (Fsp3) is 0.188. The lowest BCUT2D eigenvalue weighted by atomic mass is 10.2. The monoisotopic (exact) mass is 331 g/mol. The predicted molar refractivity (Wildman–Crippen MR) is 86.1 cm³/mol. The fourth-order valence-corrected chi connectivity index (χ4v) is 2.97. The number of hydrogen-bond donors (Lipinski definition) is 1. The number of carbonyl (C=O) groups is 2. The second-order valence-corrected chi connectivity index (χ2v) is 5.89. The number of aromatic nitrogens is 1. The van der Waals surface area contributed by atoms with Crippen LogP contribution < -0.4 is 5.32 Å². The average Bonchev–Trinajstić information content (AvgIpc) is 3.02. The lowest BCUT2D eigenvalue weighted by Crippen LogP contribution is -2.49. The Balaban J connectivity index is 1.67. The van der Waals surface area contributed by atoms with Gasteiger partial charge < -0.3 is 10.2 Å². The molecule has 1 aromatic heterocycles. The van der Waals surface area contributed by atoms with Gasteiger partial charge in [0.25, 0.3) is 0 Å². The smallest absolute Gasteiger partial charge is 0.247 e. The molecule has 2 heterocycles. The molecule has 118 valence electrons. The molecule has 3 rings (SSSR count). The third-order valence-corrected chi connectivity index (χ3v) is 4.27. The van der Waals surface area contributed by atoms with E-state index in [2.05, 4.69) is 10.3 Å². The van der Waals surface area contributed by atoms with Gasteiger partial charge in [0.05, 0.1) is 12.2 Å². The topological polar surface area (TPSA) is 62.3 Å². The maximum absolute atomic E-state index is 12.9. The third kappa shape index (κ3) is 3.81. The van der Waals surface area contributed by atoms with Gasteiger partial charge in [0, 0.05) is 30.1 Å². The summed E-state index contributed by atoms with van der Waals surface area (Å²) in [4.78, 5) is 29.2. The molecule has 0 bridgehead atoms. The number of rotatable bonds is 3. The third-order valence-electron chi connectivity index (χ3n) is 3.36. The van der Waals surface area contributed by atoms with E-state index in [9.17, 15) is 14.0 Å². The molecular formula is C16H14FN3O2S. The molecule has 1 aliphatic rings. The van der Waals surface area contributed by atoms with Crippen LogP contribution in [0.3, 0.4) is 0 Å². The molecule has 1 saturated heterocycles. The molecule has 1 aromatic carbocycles. The molecule has 0 saturated carbocycles. The molecule has 0 unspecified atom stereocenters. The number of nitrogens with one attached hydrogen (secondary N) is 1. The zero-order valence-electron chi connectivity index (χ0n) is 12.2. The molecule has 1 aliphatic heterocycles. The fourth-order valence-electron chi connectivity index (χ4n) is 2.18. The molecular weight excluding hydrogens is 317 g/mol. The van der Waals surface area contributed by atoms with Crippen LogP contribution in [0.5, 0.6) is 0 Å². The van der Waals surface area contributed by atoms with Crippen molar-refractivity contribution in [3.05, 3.63) is 47.2 Å². The first-order valence-corrected chi connectivity index (χ1v) is 7.95. The summed E-state index contributed by atoms with van der Waals surface area (Å²) in [5, 5.41) is 5.26. The standard InChI is InChI=1S/C16H14FN3O2S/c17-12-3-1-11(2-4-12)16-19-13(10-23-16)5-6-15(22)20-8-7-18-14(21)9-20/h1-6,10H,7-9H2,(H,18,21). The zero-order chi connectivity index (χ0) is 16.2. The number of thiazole rings is 1. The van der Waals surface area contributed by atoms with E-state index in [0.29, 0.717) is 18.8 Å². The van der Waals surface area contributed by atoms with E-state index in [0.717, 1.165) is 10.6 Å². The lowest BCUT2D eigenvalue weighted by Gasteiger charge is -2.25. The molecule has 23 heavy (non-hydrogen) atoms. The van der Waals surface area contributed by atoms with E-state index in [1.54, 1.807) is 18.2 Å². The van der Waals surface area contributed by atoms with Gasteiger partial charge in [0.15, 0.2) is 0 Å². The van der Waals surface area contributed by atoms with Crippen LogP contribution in [0.15, 0.2) is 35.7 Å². The van der Waals surface area contributed by atoms with Crippen LogP contribution in [0.2, 0.25) is 0 Å². The van der Waals surface area contributed by atoms with E-state index in [1.165, 1.54) is 34.4 Å². The van der Waals surface area contributed by atoms with E-state index in [-0.39, 0.29) is 24.2 Å². The normalized spacial score (nSPS) is 15.0. The summed E-state index contributed by atoms with van der Waals surface area (Å²) in [7, 11) is 0. The van der Waals surface area contributed by atoms with Crippen molar-refractivity contribution in [3.63, 3.8) is 0 Å². The summed E-state index contributed by atoms with van der Waals surface area (Å²) in [6.45, 7) is 1.07. The van der Waals surface area contributed by atoms with Gasteiger partial charge in [-0.2, -0.15) is 0 Å². The molecule has 2 aromatic rings. The van der Waals surface area contributed by atoms with Crippen LogP contribution in [0.4, 0.5) is 4.39 Å². The molecule has 0 radical (unpaired) electrons. The summed E-state index contributed by atoms with van der Waals surface area (Å²) in [5.41, 5.74) is 1.49. The van der Waals surface area contributed by atoms with Crippen LogP contribution in [-0.2, 0) is 9.59 Å². The Hall–Kier alpha value is -2.54. The van der Waals surface area contributed by atoms with Gasteiger partial charge in [-0.15, -0.1) is 11.3 Å². The van der Waals surface area contributed by atoms with Crippen LogP contribution in [0.25, 0.3) is 16.6 Å². The SMILES string of the molecule is O=C1CN(C(=O)C=Cc2csc(-c3ccc(F)cc3)n2)CCN1. The maximum Gasteiger partial charge on any atom is 0.247 e. The Labute approximate surface area is 136 Å². The van der Waals surface area contributed by atoms with Crippen molar-refractivity contribution in [2.24, 2.45) is 0 Å². The first-order valence-electron chi connectivity index (χ1n) is 7.07. The minimum absolute atomic E-state index is 0.0844. The van der Waals surface area contributed by atoms with Crippen molar-refractivity contribution in [2.45, 2.75) is 0 Å². The Kier molecular flexibility index (Phi) is 4.47. The van der Waals surface area contributed by atoms with E-state index in [4.69, 9.17) is 0 Å². The lowest BCUT2D eigenvalue weighted by molar-refractivity contribution is -0.134. The second-order valence-electron chi connectivity index (χ2n) is 5.03.